The Hall–Kier alpha value is -1.22. The molecule has 1 spiro atoms. The molecule has 1 aliphatic carbocycles. The number of hydrogen-bond donors (Lipinski definition) is 1. The monoisotopic (exact) mass is 246 g/mol. The minimum Gasteiger partial charge on any atom is -0.490 e. The third-order valence-corrected chi connectivity index (χ3v) is 4.37. The molecule has 3 nitrogen and oxygen atoms in total. The Bertz CT molecular complexity index is 405. The standard InChI is InChI=1S/C15H22N2O/c16-13-5-1-2-6-14(13)18-10-9-17-11-15(12-17)7-3-4-8-15/h1-2,5-6H,3-4,7-12,16H2. The Kier molecular flexibility index (Phi) is 3.16. The van der Waals surface area contributed by atoms with E-state index >= 15 is 0 Å². The van der Waals surface area contributed by atoms with Crippen LogP contribution in [0, 0.1) is 5.41 Å². The third kappa shape index (κ3) is 2.32. The molecule has 2 aliphatic rings. The first kappa shape index (κ1) is 11.8. The van der Waals surface area contributed by atoms with Gasteiger partial charge in [-0.05, 0) is 30.4 Å². The van der Waals surface area contributed by atoms with Crippen LogP contribution in [0.4, 0.5) is 5.69 Å². The van der Waals surface area contributed by atoms with E-state index < -0.39 is 0 Å². The molecule has 0 atom stereocenters. The molecule has 1 heterocycles. The second kappa shape index (κ2) is 4.81. The van der Waals surface area contributed by atoms with Crippen LogP contribution < -0.4 is 10.5 Å². The van der Waals surface area contributed by atoms with Crippen LogP contribution in [0.3, 0.4) is 0 Å². The summed E-state index contributed by atoms with van der Waals surface area (Å²) in [5.41, 5.74) is 7.26. The normalized spacial score (nSPS) is 22.0. The zero-order valence-corrected chi connectivity index (χ0v) is 10.9. The number of hydrogen-bond acceptors (Lipinski definition) is 3. The van der Waals surface area contributed by atoms with Crippen molar-refractivity contribution in [1.82, 2.24) is 4.90 Å². The van der Waals surface area contributed by atoms with Gasteiger partial charge in [-0.2, -0.15) is 0 Å². The van der Waals surface area contributed by atoms with Gasteiger partial charge in [0.15, 0.2) is 0 Å². The highest BCUT2D eigenvalue weighted by atomic mass is 16.5. The summed E-state index contributed by atoms with van der Waals surface area (Å²) < 4.78 is 5.73. The van der Waals surface area contributed by atoms with Crippen LogP contribution in [0.25, 0.3) is 0 Å². The Labute approximate surface area is 109 Å². The lowest BCUT2D eigenvalue weighted by Gasteiger charge is -2.48. The van der Waals surface area contributed by atoms with E-state index in [1.165, 1.54) is 38.8 Å². The number of anilines is 1. The molecule has 0 bridgehead atoms. The Morgan fingerprint density at radius 1 is 1.17 bits per heavy atom. The molecule has 3 rings (SSSR count). The number of para-hydroxylation sites is 2. The van der Waals surface area contributed by atoms with Gasteiger partial charge in [-0.3, -0.25) is 4.90 Å². The van der Waals surface area contributed by atoms with Crippen molar-refractivity contribution in [3.8, 4) is 5.75 Å². The largest absolute Gasteiger partial charge is 0.490 e. The minimum atomic E-state index is 0.686. The SMILES string of the molecule is Nc1ccccc1OCCN1CC2(CCCC2)C1. The predicted octanol–water partition coefficient (Wildman–Crippen LogP) is 2.52. The highest BCUT2D eigenvalue weighted by molar-refractivity contribution is 5.51. The topological polar surface area (TPSA) is 38.5 Å². The van der Waals surface area contributed by atoms with Crippen molar-refractivity contribution in [2.75, 3.05) is 32.0 Å². The van der Waals surface area contributed by atoms with Crippen LogP contribution in [0.1, 0.15) is 25.7 Å². The molecule has 0 aromatic heterocycles. The Morgan fingerprint density at radius 3 is 2.61 bits per heavy atom. The smallest absolute Gasteiger partial charge is 0.142 e. The molecule has 0 radical (unpaired) electrons. The van der Waals surface area contributed by atoms with Crippen molar-refractivity contribution in [2.45, 2.75) is 25.7 Å². The van der Waals surface area contributed by atoms with E-state index in [0.717, 1.165) is 24.6 Å². The zero-order chi connectivity index (χ0) is 12.4. The van der Waals surface area contributed by atoms with Gasteiger partial charge in [-0.25, -0.2) is 0 Å². The molecule has 3 heteroatoms. The van der Waals surface area contributed by atoms with Crippen LogP contribution in [0.2, 0.25) is 0 Å². The molecule has 18 heavy (non-hydrogen) atoms. The molecule has 1 saturated heterocycles. The number of ether oxygens (including phenoxy) is 1. The molecule has 1 aliphatic heterocycles. The molecule has 1 aromatic carbocycles. The maximum Gasteiger partial charge on any atom is 0.142 e. The van der Waals surface area contributed by atoms with Gasteiger partial charge < -0.3 is 10.5 Å². The van der Waals surface area contributed by atoms with Gasteiger partial charge in [0.25, 0.3) is 0 Å². The third-order valence-electron chi connectivity index (χ3n) is 4.37. The lowest BCUT2D eigenvalue weighted by molar-refractivity contribution is -0.00160. The molecule has 2 N–H and O–H groups in total. The highest BCUT2D eigenvalue weighted by Gasteiger charge is 2.44. The average molecular weight is 246 g/mol. The number of rotatable bonds is 4. The average Bonchev–Trinajstić information content (AvgIpc) is 2.80. The molecule has 2 fully saturated rings. The van der Waals surface area contributed by atoms with E-state index in [1.54, 1.807) is 0 Å². The molecule has 98 valence electrons. The maximum absolute atomic E-state index is 5.84. The number of likely N-dealkylation sites (tertiary alicyclic amines) is 1. The first-order valence-electron chi connectivity index (χ1n) is 6.97. The van der Waals surface area contributed by atoms with Crippen LogP contribution in [0.5, 0.6) is 5.75 Å². The van der Waals surface area contributed by atoms with Gasteiger partial charge in [0.2, 0.25) is 0 Å². The molecular formula is C15H22N2O. The second-order valence-electron chi connectivity index (χ2n) is 5.80. The molecule has 0 amide bonds. The summed E-state index contributed by atoms with van der Waals surface area (Å²) in [5, 5.41) is 0. The maximum atomic E-state index is 5.84. The number of nitrogens with two attached hydrogens (primary N) is 1. The van der Waals surface area contributed by atoms with E-state index in [-0.39, 0.29) is 0 Å². The first-order chi connectivity index (χ1) is 8.77. The van der Waals surface area contributed by atoms with Crippen LogP contribution in [-0.2, 0) is 0 Å². The van der Waals surface area contributed by atoms with Gasteiger partial charge in [0, 0.05) is 19.6 Å². The van der Waals surface area contributed by atoms with E-state index in [0.29, 0.717) is 5.41 Å². The summed E-state index contributed by atoms with van der Waals surface area (Å²) >= 11 is 0. The Balaban J connectivity index is 1.40. The summed E-state index contributed by atoms with van der Waals surface area (Å²) in [6.07, 6.45) is 5.75. The van der Waals surface area contributed by atoms with E-state index in [1.807, 2.05) is 24.3 Å². The summed E-state index contributed by atoms with van der Waals surface area (Å²) in [4.78, 5) is 2.50. The highest BCUT2D eigenvalue weighted by Crippen LogP contribution is 2.45. The van der Waals surface area contributed by atoms with E-state index in [2.05, 4.69) is 4.90 Å². The zero-order valence-electron chi connectivity index (χ0n) is 10.9. The van der Waals surface area contributed by atoms with Gasteiger partial charge in [-0.15, -0.1) is 0 Å². The van der Waals surface area contributed by atoms with E-state index in [4.69, 9.17) is 10.5 Å². The van der Waals surface area contributed by atoms with Gasteiger partial charge in [0.05, 0.1) is 5.69 Å². The van der Waals surface area contributed by atoms with Crippen molar-refractivity contribution in [3.05, 3.63) is 24.3 Å². The minimum absolute atomic E-state index is 0.686. The van der Waals surface area contributed by atoms with Crippen molar-refractivity contribution in [3.63, 3.8) is 0 Å². The fourth-order valence-corrected chi connectivity index (χ4v) is 3.40. The molecule has 0 unspecified atom stereocenters. The fraction of sp³-hybridized carbons (Fsp3) is 0.600. The van der Waals surface area contributed by atoms with Gasteiger partial charge in [0.1, 0.15) is 12.4 Å². The second-order valence-corrected chi connectivity index (χ2v) is 5.80. The van der Waals surface area contributed by atoms with Crippen LogP contribution in [-0.4, -0.2) is 31.1 Å². The Morgan fingerprint density at radius 2 is 1.89 bits per heavy atom. The van der Waals surface area contributed by atoms with Crippen molar-refractivity contribution < 1.29 is 4.74 Å². The lowest BCUT2D eigenvalue weighted by Crippen LogP contribution is -2.55. The van der Waals surface area contributed by atoms with Crippen molar-refractivity contribution >= 4 is 5.69 Å². The van der Waals surface area contributed by atoms with Crippen LogP contribution >= 0.6 is 0 Å². The quantitative estimate of drug-likeness (QED) is 0.830. The fourth-order valence-electron chi connectivity index (χ4n) is 3.40. The number of nitrogens with zero attached hydrogens (tertiary/aromatic N) is 1. The summed E-state index contributed by atoms with van der Waals surface area (Å²) in [7, 11) is 0. The van der Waals surface area contributed by atoms with Gasteiger partial charge >= 0.3 is 0 Å². The van der Waals surface area contributed by atoms with Crippen molar-refractivity contribution in [2.24, 2.45) is 5.41 Å². The summed E-state index contributed by atoms with van der Waals surface area (Å²) in [6.45, 7) is 4.32. The molecular weight excluding hydrogens is 224 g/mol. The van der Waals surface area contributed by atoms with E-state index in [9.17, 15) is 0 Å². The molecule has 1 saturated carbocycles. The lowest BCUT2D eigenvalue weighted by atomic mass is 9.78. The van der Waals surface area contributed by atoms with Gasteiger partial charge in [-0.1, -0.05) is 25.0 Å². The first-order valence-corrected chi connectivity index (χ1v) is 6.97. The number of nitrogen functional groups attached to an aromatic ring is 1. The predicted molar refractivity (Wildman–Crippen MR) is 73.7 cm³/mol. The van der Waals surface area contributed by atoms with Crippen molar-refractivity contribution in [1.29, 1.82) is 0 Å². The number of benzene rings is 1. The van der Waals surface area contributed by atoms with Crippen LogP contribution in [0.15, 0.2) is 24.3 Å². The summed E-state index contributed by atoms with van der Waals surface area (Å²) in [5.74, 6) is 0.814. The molecule has 1 aromatic rings. The summed E-state index contributed by atoms with van der Waals surface area (Å²) in [6, 6.07) is 7.71.